The van der Waals surface area contributed by atoms with Gasteiger partial charge in [-0.05, 0) is 23.4 Å². The number of nitrogens with one attached hydrogen (secondary N) is 1. The summed E-state index contributed by atoms with van der Waals surface area (Å²) in [5.74, 6) is -0.104. The van der Waals surface area contributed by atoms with Crippen molar-refractivity contribution >= 4 is 33.7 Å². The van der Waals surface area contributed by atoms with Gasteiger partial charge in [-0.1, -0.05) is 37.3 Å². The highest BCUT2D eigenvalue weighted by atomic mass is 32.1. The number of aryl methyl sites for hydroxylation is 1. The van der Waals surface area contributed by atoms with Crippen molar-refractivity contribution in [1.82, 2.24) is 4.98 Å². The SMILES string of the molecule is CCc1ccc(-c2csc(NC(=O)c3cccs3)n2)cc1. The van der Waals surface area contributed by atoms with Gasteiger partial charge in [-0.15, -0.1) is 22.7 Å². The summed E-state index contributed by atoms with van der Waals surface area (Å²) < 4.78 is 0. The molecule has 3 rings (SSSR count). The Hall–Kier alpha value is -1.98. The topological polar surface area (TPSA) is 42.0 Å². The molecule has 0 fully saturated rings. The van der Waals surface area contributed by atoms with E-state index in [1.807, 2.05) is 16.8 Å². The maximum absolute atomic E-state index is 12.0. The van der Waals surface area contributed by atoms with Gasteiger partial charge in [0.1, 0.15) is 0 Å². The van der Waals surface area contributed by atoms with Crippen LogP contribution < -0.4 is 5.32 Å². The summed E-state index contributed by atoms with van der Waals surface area (Å²) in [6.07, 6.45) is 1.03. The third-order valence-corrected chi connectivity index (χ3v) is 4.75. The third kappa shape index (κ3) is 3.20. The van der Waals surface area contributed by atoms with Crippen molar-refractivity contribution in [2.24, 2.45) is 0 Å². The number of anilines is 1. The van der Waals surface area contributed by atoms with Gasteiger partial charge in [0.25, 0.3) is 5.91 Å². The molecule has 0 aliphatic heterocycles. The average Bonchev–Trinajstić information content (AvgIpc) is 3.19. The van der Waals surface area contributed by atoms with Crippen LogP contribution in [0.25, 0.3) is 11.3 Å². The van der Waals surface area contributed by atoms with Gasteiger partial charge >= 0.3 is 0 Å². The van der Waals surface area contributed by atoms with E-state index in [1.165, 1.54) is 28.2 Å². The number of benzene rings is 1. The van der Waals surface area contributed by atoms with Crippen molar-refractivity contribution < 1.29 is 4.79 Å². The molecule has 106 valence electrons. The molecular formula is C16H14N2OS2. The molecule has 0 spiro atoms. The number of hydrogen-bond acceptors (Lipinski definition) is 4. The zero-order valence-electron chi connectivity index (χ0n) is 11.5. The van der Waals surface area contributed by atoms with Crippen LogP contribution >= 0.6 is 22.7 Å². The molecular weight excluding hydrogens is 300 g/mol. The Morgan fingerprint density at radius 2 is 2.00 bits per heavy atom. The molecule has 0 unspecified atom stereocenters. The summed E-state index contributed by atoms with van der Waals surface area (Å²) in [5, 5.41) is 7.31. The number of carbonyl (C=O) groups is 1. The molecule has 0 aliphatic rings. The lowest BCUT2D eigenvalue weighted by Crippen LogP contribution is -2.09. The molecule has 0 saturated carbocycles. The maximum atomic E-state index is 12.0. The molecule has 0 saturated heterocycles. The van der Waals surface area contributed by atoms with E-state index in [4.69, 9.17) is 0 Å². The van der Waals surface area contributed by atoms with Gasteiger partial charge in [0, 0.05) is 10.9 Å². The number of rotatable bonds is 4. The third-order valence-electron chi connectivity index (χ3n) is 3.13. The summed E-state index contributed by atoms with van der Waals surface area (Å²) in [7, 11) is 0. The Labute approximate surface area is 131 Å². The van der Waals surface area contributed by atoms with Crippen LogP contribution in [0.1, 0.15) is 22.2 Å². The standard InChI is InChI=1S/C16H14N2OS2/c1-2-11-5-7-12(8-6-11)13-10-21-16(17-13)18-15(19)14-4-3-9-20-14/h3-10H,2H2,1H3,(H,17,18,19). The molecule has 0 aliphatic carbocycles. The second-order valence-corrected chi connectivity index (χ2v) is 6.33. The fourth-order valence-corrected chi connectivity index (χ4v) is 3.28. The molecule has 2 aromatic heterocycles. The number of thiophene rings is 1. The molecule has 2 heterocycles. The second-order valence-electron chi connectivity index (χ2n) is 4.52. The summed E-state index contributed by atoms with van der Waals surface area (Å²) in [6, 6.07) is 12.0. The van der Waals surface area contributed by atoms with Crippen LogP contribution in [0.3, 0.4) is 0 Å². The van der Waals surface area contributed by atoms with E-state index < -0.39 is 0 Å². The summed E-state index contributed by atoms with van der Waals surface area (Å²) in [6.45, 7) is 2.13. The molecule has 1 N–H and O–H groups in total. The zero-order valence-corrected chi connectivity index (χ0v) is 13.1. The largest absolute Gasteiger partial charge is 0.297 e. The van der Waals surface area contributed by atoms with Crippen LogP contribution in [0.2, 0.25) is 0 Å². The molecule has 1 aromatic carbocycles. The number of hydrogen-bond donors (Lipinski definition) is 1. The highest BCUT2D eigenvalue weighted by molar-refractivity contribution is 7.14. The first kappa shape index (κ1) is 14.0. The smallest absolute Gasteiger partial charge is 0.267 e. The fourth-order valence-electron chi connectivity index (χ4n) is 1.94. The second kappa shape index (κ2) is 6.20. The van der Waals surface area contributed by atoms with Crippen molar-refractivity contribution in [2.45, 2.75) is 13.3 Å². The molecule has 0 atom stereocenters. The van der Waals surface area contributed by atoms with E-state index in [-0.39, 0.29) is 5.91 Å². The lowest BCUT2D eigenvalue weighted by molar-refractivity contribution is 0.103. The maximum Gasteiger partial charge on any atom is 0.267 e. The molecule has 1 amide bonds. The van der Waals surface area contributed by atoms with Crippen molar-refractivity contribution in [3.63, 3.8) is 0 Å². The summed E-state index contributed by atoms with van der Waals surface area (Å²) in [5.41, 5.74) is 3.27. The lowest BCUT2D eigenvalue weighted by Gasteiger charge is -2.00. The van der Waals surface area contributed by atoms with Crippen molar-refractivity contribution in [1.29, 1.82) is 0 Å². The Morgan fingerprint density at radius 3 is 2.67 bits per heavy atom. The highest BCUT2D eigenvalue weighted by Gasteiger charge is 2.10. The summed E-state index contributed by atoms with van der Waals surface area (Å²) >= 11 is 2.86. The molecule has 0 radical (unpaired) electrons. The Balaban J connectivity index is 1.75. The normalized spacial score (nSPS) is 10.5. The van der Waals surface area contributed by atoms with E-state index >= 15 is 0 Å². The first-order valence-electron chi connectivity index (χ1n) is 6.66. The van der Waals surface area contributed by atoms with Gasteiger partial charge in [-0.2, -0.15) is 0 Å². The number of thiazole rings is 1. The molecule has 5 heteroatoms. The predicted molar refractivity (Wildman–Crippen MR) is 89.2 cm³/mol. The van der Waals surface area contributed by atoms with Gasteiger partial charge in [0.05, 0.1) is 10.6 Å². The molecule has 3 nitrogen and oxygen atoms in total. The molecule has 3 aromatic rings. The Morgan fingerprint density at radius 1 is 1.19 bits per heavy atom. The minimum atomic E-state index is -0.104. The van der Waals surface area contributed by atoms with Gasteiger partial charge in [-0.25, -0.2) is 4.98 Å². The van der Waals surface area contributed by atoms with E-state index in [1.54, 1.807) is 6.07 Å². The highest BCUT2D eigenvalue weighted by Crippen LogP contribution is 2.25. The van der Waals surface area contributed by atoms with Crippen LogP contribution in [0.4, 0.5) is 5.13 Å². The van der Waals surface area contributed by atoms with Crippen LogP contribution in [0.15, 0.2) is 47.2 Å². The van der Waals surface area contributed by atoms with E-state index in [2.05, 4.69) is 41.5 Å². The Bertz CT molecular complexity index is 730. The number of nitrogens with zero attached hydrogens (tertiary/aromatic N) is 1. The van der Waals surface area contributed by atoms with Gasteiger partial charge in [-0.3, -0.25) is 10.1 Å². The van der Waals surface area contributed by atoms with Crippen molar-refractivity contribution in [3.8, 4) is 11.3 Å². The van der Waals surface area contributed by atoms with Crippen molar-refractivity contribution in [2.75, 3.05) is 5.32 Å². The minimum absolute atomic E-state index is 0.104. The van der Waals surface area contributed by atoms with E-state index in [0.29, 0.717) is 10.0 Å². The van der Waals surface area contributed by atoms with Crippen LogP contribution in [-0.2, 0) is 6.42 Å². The average molecular weight is 314 g/mol. The minimum Gasteiger partial charge on any atom is -0.297 e. The Kier molecular flexibility index (Phi) is 4.13. The van der Waals surface area contributed by atoms with Gasteiger partial charge in [0.15, 0.2) is 5.13 Å². The van der Waals surface area contributed by atoms with Crippen LogP contribution in [0.5, 0.6) is 0 Å². The summed E-state index contributed by atoms with van der Waals surface area (Å²) in [4.78, 5) is 17.1. The van der Waals surface area contributed by atoms with Crippen molar-refractivity contribution in [3.05, 3.63) is 57.6 Å². The van der Waals surface area contributed by atoms with E-state index in [9.17, 15) is 4.79 Å². The van der Waals surface area contributed by atoms with Gasteiger partial charge in [0.2, 0.25) is 0 Å². The predicted octanol–water partition coefficient (Wildman–Crippen LogP) is 4.69. The lowest BCUT2D eigenvalue weighted by atomic mass is 10.1. The first-order chi connectivity index (χ1) is 10.3. The number of carbonyl (C=O) groups excluding carboxylic acids is 1. The van der Waals surface area contributed by atoms with Crippen LogP contribution in [-0.4, -0.2) is 10.9 Å². The van der Waals surface area contributed by atoms with Gasteiger partial charge < -0.3 is 0 Å². The monoisotopic (exact) mass is 314 g/mol. The quantitative estimate of drug-likeness (QED) is 0.759. The van der Waals surface area contributed by atoms with Crippen LogP contribution in [0, 0.1) is 0 Å². The fraction of sp³-hybridized carbons (Fsp3) is 0.125. The zero-order chi connectivity index (χ0) is 14.7. The molecule has 21 heavy (non-hydrogen) atoms. The number of aromatic nitrogens is 1. The number of amides is 1. The molecule has 0 bridgehead atoms. The first-order valence-corrected chi connectivity index (χ1v) is 8.42. The van der Waals surface area contributed by atoms with E-state index in [0.717, 1.165) is 17.7 Å².